The molecule has 3 heterocycles. The van der Waals surface area contributed by atoms with Crippen molar-refractivity contribution in [3.63, 3.8) is 0 Å². The van der Waals surface area contributed by atoms with Gasteiger partial charge in [-0.05, 0) is 44.4 Å². The number of aromatic nitrogens is 3. The predicted octanol–water partition coefficient (Wildman–Crippen LogP) is 3.19. The van der Waals surface area contributed by atoms with Crippen molar-refractivity contribution in [3.05, 3.63) is 41.6 Å². The Kier molecular flexibility index (Phi) is 8.54. The summed E-state index contributed by atoms with van der Waals surface area (Å²) < 4.78 is 0. The van der Waals surface area contributed by atoms with Gasteiger partial charge in [0.25, 0.3) is 0 Å². The minimum Gasteiger partial charge on any atom is -0.384 e. The van der Waals surface area contributed by atoms with E-state index >= 15 is 0 Å². The van der Waals surface area contributed by atoms with Gasteiger partial charge in [-0.15, -0.1) is 24.8 Å². The van der Waals surface area contributed by atoms with Crippen molar-refractivity contribution < 1.29 is 0 Å². The fourth-order valence-electron chi connectivity index (χ4n) is 3.23. The van der Waals surface area contributed by atoms with Gasteiger partial charge in [-0.3, -0.25) is 4.98 Å². The molecule has 1 saturated carbocycles. The quantitative estimate of drug-likeness (QED) is 0.608. The number of hydrogen-bond donors (Lipinski definition) is 3. The van der Waals surface area contributed by atoms with E-state index in [4.69, 9.17) is 9.97 Å². The minimum atomic E-state index is 0. The normalized spacial score (nSPS) is 15.6. The molecule has 0 radical (unpaired) electrons. The second kappa shape index (κ2) is 10.6. The Morgan fingerprint density at radius 3 is 2.63 bits per heavy atom. The van der Waals surface area contributed by atoms with Gasteiger partial charge in [0.15, 0.2) is 0 Å². The monoisotopic (exact) mass is 410 g/mol. The highest BCUT2D eigenvalue weighted by Crippen LogP contribution is 2.39. The highest BCUT2D eigenvalue weighted by molar-refractivity contribution is 5.85. The van der Waals surface area contributed by atoms with Crippen LogP contribution in [0.2, 0.25) is 0 Å². The first-order chi connectivity index (χ1) is 12.4. The number of fused-ring (bicyclic) bond motifs is 1. The zero-order valence-electron chi connectivity index (χ0n) is 15.4. The summed E-state index contributed by atoms with van der Waals surface area (Å²) in [5, 5.41) is 10.4. The van der Waals surface area contributed by atoms with Crippen molar-refractivity contribution >= 4 is 36.3 Å². The average molecular weight is 411 g/mol. The molecule has 0 unspecified atom stereocenters. The molecule has 148 valence electrons. The molecule has 8 heteroatoms. The highest BCUT2D eigenvalue weighted by atomic mass is 35.5. The Morgan fingerprint density at radius 2 is 1.85 bits per heavy atom. The first kappa shape index (κ1) is 21.7. The molecule has 1 aliphatic carbocycles. The summed E-state index contributed by atoms with van der Waals surface area (Å²) in [6.45, 7) is 3.86. The Hall–Kier alpha value is -1.63. The molecule has 27 heavy (non-hydrogen) atoms. The molecular weight excluding hydrogens is 383 g/mol. The minimum absolute atomic E-state index is 0. The van der Waals surface area contributed by atoms with Crippen molar-refractivity contribution in [2.75, 3.05) is 36.8 Å². The summed E-state index contributed by atoms with van der Waals surface area (Å²) >= 11 is 0. The molecule has 1 aliphatic heterocycles. The van der Waals surface area contributed by atoms with Crippen LogP contribution in [0.1, 0.15) is 42.3 Å². The van der Waals surface area contributed by atoms with Gasteiger partial charge in [0.05, 0.1) is 11.4 Å². The van der Waals surface area contributed by atoms with Crippen LogP contribution in [0.3, 0.4) is 0 Å². The van der Waals surface area contributed by atoms with Crippen LogP contribution in [-0.4, -0.2) is 41.1 Å². The van der Waals surface area contributed by atoms with E-state index in [0.717, 1.165) is 62.8 Å². The molecule has 3 N–H and O–H groups in total. The van der Waals surface area contributed by atoms with Crippen LogP contribution < -0.4 is 16.0 Å². The first-order valence-electron chi connectivity index (χ1n) is 9.38. The molecule has 0 amide bonds. The summed E-state index contributed by atoms with van der Waals surface area (Å²) in [7, 11) is 0. The fraction of sp³-hybridized carbons (Fsp3) is 0.526. The second-order valence-corrected chi connectivity index (χ2v) is 6.83. The van der Waals surface area contributed by atoms with Gasteiger partial charge in [0.2, 0.25) is 0 Å². The van der Waals surface area contributed by atoms with Crippen molar-refractivity contribution in [1.29, 1.82) is 0 Å². The van der Waals surface area contributed by atoms with Gasteiger partial charge in [-0.25, -0.2) is 9.97 Å². The Balaban J connectivity index is 0.00000131. The van der Waals surface area contributed by atoms with Gasteiger partial charge in [0, 0.05) is 49.9 Å². The third kappa shape index (κ3) is 5.92. The van der Waals surface area contributed by atoms with Crippen molar-refractivity contribution in [2.45, 2.75) is 38.0 Å². The van der Waals surface area contributed by atoms with E-state index in [-0.39, 0.29) is 24.8 Å². The third-order valence-corrected chi connectivity index (χ3v) is 4.78. The first-order valence-corrected chi connectivity index (χ1v) is 9.38. The molecule has 2 aliphatic rings. The lowest BCUT2D eigenvalue weighted by atomic mass is 10.1. The number of hydrogen-bond acceptors (Lipinski definition) is 6. The molecular formula is C19H28Cl2N6. The smallest absolute Gasteiger partial charge is 0.134 e. The number of anilines is 2. The molecule has 0 saturated heterocycles. The maximum atomic E-state index is 4.87. The summed E-state index contributed by atoms with van der Waals surface area (Å²) in [6, 6.07) is 3.99. The lowest BCUT2D eigenvalue weighted by molar-refractivity contribution is 0.707. The van der Waals surface area contributed by atoms with E-state index in [2.05, 4.69) is 20.9 Å². The van der Waals surface area contributed by atoms with Crippen molar-refractivity contribution in [3.8, 4) is 0 Å². The zero-order chi connectivity index (χ0) is 16.9. The number of halogens is 2. The average Bonchev–Trinajstić information content (AvgIpc) is 3.49. The fourth-order valence-corrected chi connectivity index (χ4v) is 3.23. The van der Waals surface area contributed by atoms with Crippen LogP contribution in [0.15, 0.2) is 24.5 Å². The second-order valence-electron chi connectivity index (χ2n) is 6.83. The Labute approximate surface area is 173 Å². The lowest BCUT2D eigenvalue weighted by Crippen LogP contribution is -2.16. The third-order valence-electron chi connectivity index (χ3n) is 4.78. The topological polar surface area (TPSA) is 74.8 Å². The van der Waals surface area contributed by atoms with Gasteiger partial charge < -0.3 is 16.0 Å². The largest absolute Gasteiger partial charge is 0.384 e. The van der Waals surface area contributed by atoms with E-state index in [1.165, 1.54) is 24.1 Å². The van der Waals surface area contributed by atoms with Gasteiger partial charge in [-0.1, -0.05) is 0 Å². The van der Waals surface area contributed by atoms with E-state index in [1.807, 2.05) is 18.3 Å². The molecule has 2 aromatic heterocycles. The molecule has 6 nitrogen and oxygen atoms in total. The molecule has 4 rings (SSSR count). The number of nitrogens with zero attached hydrogens (tertiary/aromatic N) is 3. The summed E-state index contributed by atoms with van der Waals surface area (Å²) in [5.41, 5.74) is 3.63. The number of pyridine rings is 1. The van der Waals surface area contributed by atoms with Crippen LogP contribution in [0.25, 0.3) is 0 Å². The summed E-state index contributed by atoms with van der Waals surface area (Å²) in [4.78, 5) is 13.9. The highest BCUT2D eigenvalue weighted by Gasteiger charge is 2.28. The van der Waals surface area contributed by atoms with Gasteiger partial charge in [0.1, 0.15) is 11.6 Å². The molecule has 0 bridgehead atoms. The molecule has 0 aromatic carbocycles. The van der Waals surface area contributed by atoms with Crippen LogP contribution >= 0.6 is 24.8 Å². The van der Waals surface area contributed by atoms with Crippen molar-refractivity contribution in [2.24, 2.45) is 0 Å². The lowest BCUT2D eigenvalue weighted by Gasteiger charge is -2.15. The predicted molar refractivity (Wildman–Crippen MR) is 115 cm³/mol. The number of nitrogens with one attached hydrogen (secondary N) is 3. The summed E-state index contributed by atoms with van der Waals surface area (Å²) in [5.74, 6) is 2.71. The Bertz CT molecular complexity index is 709. The standard InChI is InChI=1S/C19H26N6.2ClH/c1-3-15(13-21-8-1)22-9-2-10-23-19-16-6-11-20-12-7-17(16)24-18(25-19)14-4-5-14;;/h1,3,8,13-14,20,22H,2,4-7,9-12H2,(H,23,24,25);2*1H. The molecule has 2 aromatic rings. The van der Waals surface area contributed by atoms with Crippen molar-refractivity contribution in [1.82, 2.24) is 20.3 Å². The van der Waals surface area contributed by atoms with Crippen LogP contribution in [0, 0.1) is 0 Å². The van der Waals surface area contributed by atoms with Gasteiger partial charge >= 0.3 is 0 Å². The van der Waals surface area contributed by atoms with E-state index in [0.29, 0.717) is 5.92 Å². The van der Waals surface area contributed by atoms with Crippen LogP contribution in [0.4, 0.5) is 11.5 Å². The van der Waals surface area contributed by atoms with Gasteiger partial charge in [-0.2, -0.15) is 0 Å². The zero-order valence-corrected chi connectivity index (χ0v) is 17.0. The number of rotatable bonds is 7. The van der Waals surface area contributed by atoms with Crippen LogP contribution in [0.5, 0.6) is 0 Å². The SMILES string of the molecule is Cl.Cl.c1cncc(NCCCNc2nc(C3CC3)nc3c2CCNCC3)c1. The van der Waals surface area contributed by atoms with E-state index in [9.17, 15) is 0 Å². The van der Waals surface area contributed by atoms with E-state index in [1.54, 1.807) is 6.20 Å². The van der Waals surface area contributed by atoms with E-state index < -0.39 is 0 Å². The molecule has 1 fully saturated rings. The molecule has 0 atom stereocenters. The molecule has 0 spiro atoms. The summed E-state index contributed by atoms with van der Waals surface area (Å²) in [6.07, 6.45) is 9.18. The Morgan fingerprint density at radius 1 is 1.04 bits per heavy atom. The van der Waals surface area contributed by atoms with Crippen LogP contribution in [-0.2, 0) is 12.8 Å². The maximum Gasteiger partial charge on any atom is 0.134 e. The maximum absolute atomic E-state index is 4.87.